The Morgan fingerprint density at radius 1 is 1.36 bits per heavy atom. The summed E-state index contributed by atoms with van der Waals surface area (Å²) >= 11 is 1.44. The number of ether oxygens (including phenoxy) is 1. The quantitative estimate of drug-likeness (QED) is 0.655. The molecule has 0 aliphatic carbocycles. The van der Waals surface area contributed by atoms with Gasteiger partial charge in [0.15, 0.2) is 0 Å². The number of thiophene rings is 1. The van der Waals surface area contributed by atoms with Gasteiger partial charge in [-0.05, 0) is 48.7 Å². The van der Waals surface area contributed by atoms with E-state index in [1.54, 1.807) is 18.2 Å². The first-order valence-corrected chi connectivity index (χ1v) is 8.85. The van der Waals surface area contributed by atoms with Gasteiger partial charge in [0.2, 0.25) is 0 Å². The lowest BCUT2D eigenvalue weighted by molar-refractivity contribution is -0.117. The van der Waals surface area contributed by atoms with E-state index in [0.29, 0.717) is 6.54 Å². The Labute approximate surface area is 149 Å². The first-order chi connectivity index (χ1) is 12.2. The molecule has 0 bridgehead atoms. The number of hydrogen-bond acceptors (Lipinski definition) is 4. The Kier molecular flexibility index (Phi) is 5.59. The predicted octanol–water partition coefficient (Wildman–Crippen LogP) is 3.76. The van der Waals surface area contributed by atoms with E-state index in [2.05, 4.69) is 5.32 Å². The van der Waals surface area contributed by atoms with Gasteiger partial charge in [0.25, 0.3) is 5.91 Å². The molecule has 1 amide bonds. The van der Waals surface area contributed by atoms with Crippen LogP contribution >= 0.6 is 11.3 Å². The molecule has 6 heteroatoms. The Hall–Kier alpha value is -2.49. The monoisotopic (exact) mass is 356 g/mol. The lowest BCUT2D eigenvalue weighted by atomic mass is 10.2. The minimum absolute atomic E-state index is 0.0377. The normalized spacial score (nSPS) is 17.3. The maximum atomic E-state index is 13.0. The zero-order chi connectivity index (χ0) is 17.6. The van der Waals surface area contributed by atoms with Gasteiger partial charge in [0.1, 0.15) is 17.5 Å². The van der Waals surface area contributed by atoms with Gasteiger partial charge in [-0.25, -0.2) is 4.39 Å². The van der Waals surface area contributed by atoms with Crippen molar-refractivity contribution in [3.05, 3.63) is 52.7 Å². The molecule has 1 atom stereocenters. The highest BCUT2D eigenvalue weighted by molar-refractivity contribution is 7.16. The summed E-state index contributed by atoms with van der Waals surface area (Å²) in [6.45, 7) is 1.14. The number of nitriles is 1. The van der Waals surface area contributed by atoms with Crippen molar-refractivity contribution >= 4 is 23.3 Å². The maximum Gasteiger partial charge on any atom is 0.262 e. The summed E-state index contributed by atoms with van der Waals surface area (Å²) in [7, 11) is 0. The number of hydrogen-bond donors (Lipinski definition) is 1. The third-order valence-corrected chi connectivity index (χ3v) is 5.00. The summed E-state index contributed by atoms with van der Waals surface area (Å²) in [6.07, 6.45) is 3.54. The molecule has 1 saturated heterocycles. The smallest absolute Gasteiger partial charge is 0.262 e. The Bertz CT molecular complexity index is 815. The van der Waals surface area contributed by atoms with Crippen LogP contribution in [0.2, 0.25) is 0 Å². The van der Waals surface area contributed by atoms with Crippen molar-refractivity contribution in [2.75, 3.05) is 13.2 Å². The van der Waals surface area contributed by atoms with Crippen LogP contribution in [0.5, 0.6) is 0 Å². The molecule has 4 nitrogen and oxygen atoms in total. The average Bonchev–Trinajstić information content (AvgIpc) is 3.30. The number of nitrogens with zero attached hydrogens (tertiary/aromatic N) is 1. The lowest BCUT2D eigenvalue weighted by Gasteiger charge is -2.09. The number of carbonyl (C=O) groups is 1. The van der Waals surface area contributed by atoms with Crippen LogP contribution in [0.25, 0.3) is 16.5 Å². The second-order valence-electron chi connectivity index (χ2n) is 5.72. The zero-order valence-corrected chi connectivity index (χ0v) is 14.3. The topological polar surface area (TPSA) is 62.1 Å². The summed E-state index contributed by atoms with van der Waals surface area (Å²) in [5, 5.41) is 12.0. The molecule has 1 unspecified atom stereocenters. The second-order valence-corrected chi connectivity index (χ2v) is 6.84. The standard InChI is InChI=1S/C19H17FN2O2S/c20-15-5-3-13(4-6-15)18-8-7-17(25-18)10-14(11-21)19(23)22-12-16-2-1-9-24-16/h3-8,10,16H,1-2,9,12H2,(H,22,23)/b14-10+. The SMILES string of the molecule is N#C/C(=C\c1ccc(-c2ccc(F)cc2)s1)C(=O)NCC1CCCO1. The van der Waals surface area contributed by atoms with Crippen molar-refractivity contribution < 1.29 is 13.9 Å². The minimum atomic E-state index is -0.394. The summed E-state index contributed by atoms with van der Waals surface area (Å²) in [5.41, 5.74) is 0.956. The van der Waals surface area contributed by atoms with Crippen molar-refractivity contribution in [2.24, 2.45) is 0 Å². The van der Waals surface area contributed by atoms with E-state index in [-0.39, 0.29) is 17.5 Å². The number of amides is 1. The van der Waals surface area contributed by atoms with Crippen LogP contribution in [0.4, 0.5) is 4.39 Å². The van der Waals surface area contributed by atoms with Crippen molar-refractivity contribution in [1.29, 1.82) is 5.26 Å². The summed E-state index contributed by atoms with van der Waals surface area (Å²) in [4.78, 5) is 13.9. The largest absolute Gasteiger partial charge is 0.376 e. The van der Waals surface area contributed by atoms with Crippen molar-refractivity contribution in [3.8, 4) is 16.5 Å². The van der Waals surface area contributed by atoms with Crippen LogP contribution in [0.15, 0.2) is 42.0 Å². The highest BCUT2D eigenvalue weighted by atomic mass is 32.1. The molecule has 128 valence electrons. The Balaban J connectivity index is 1.68. The fourth-order valence-electron chi connectivity index (χ4n) is 2.60. The van der Waals surface area contributed by atoms with Crippen LogP contribution in [0.3, 0.4) is 0 Å². The molecule has 1 aromatic heterocycles. The van der Waals surface area contributed by atoms with Gasteiger partial charge in [0, 0.05) is 22.9 Å². The van der Waals surface area contributed by atoms with Crippen LogP contribution in [-0.2, 0) is 9.53 Å². The van der Waals surface area contributed by atoms with Gasteiger partial charge >= 0.3 is 0 Å². The number of halogens is 1. The predicted molar refractivity (Wildman–Crippen MR) is 95.3 cm³/mol. The third kappa shape index (κ3) is 4.53. The molecule has 2 aromatic rings. The number of nitrogens with one attached hydrogen (secondary N) is 1. The maximum absolute atomic E-state index is 13.0. The number of rotatable bonds is 5. The summed E-state index contributed by atoms with van der Waals surface area (Å²) < 4.78 is 18.5. The van der Waals surface area contributed by atoms with E-state index in [1.165, 1.54) is 23.5 Å². The summed E-state index contributed by atoms with van der Waals surface area (Å²) in [5.74, 6) is -0.676. The Morgan fingerprint density at radius 2 is 2.16 bits per heavy atom. The molecule has 0 saturated carbocycles. The molecule has 1 N–H and O–H groups in total. The molecule has 1 aliphatic rings. The summed E-state index contributed by atoms with van der Waals surface area (Å²) in [6, 6.07) is 11.9. The molecule has 0 radical (unpaired) electrons. The van der Waals surface area contributed by atoms with Gasteiger partial charge in [-0.1, -0.05) is 12.1 Å². The van der Waals surface area contributed by atoms with Crippen LogP contribution in [0.1, 0.15) is 17.7 Å². The molecular weight excluding hydrogens is 339 g/mol. The van der Waals surface area contributed by atoms with E-state index in [9.17, 15) is 14.4 Å². The molecule has 1 aromatic carbocycles. The molecule has 1 fully saturated rings. The van der Waals surface area contributed by atoms with Gasteiger partial charge < -0.3 is 10.1 Å². The molecule has 3 rings (SSSR count). The Morgan fingerprint density at radius 3 is 2.84 bits per heavy atom. The molecule has 2 heterocycles. The average molecular weight is 356 g/mol. The van der Waals surface area contributed by atoms with Crippen molar-refractivity contribution in [2.45, 2.75) is 18.9 Å². The van der Waals surface area contributed by atoms with Crippen LogP contribution in [0, 0.1) is 17.1 Å². The number of carbonyl (C=O) groups excluding carboxylic acids is 1. The highest BCUT2D eigenvalue weighted by Gasteiger charge is 2.17. The third-order valence-electron chi connectivity index (χ3n) is 3.92. The highest BCUT2D eigenvalue weighted by Crippen LogP contribution is 2.29. The van der Waals surface area contributed by atoms with E-state index in [4.69, 9.17) is 4.74 Å². The van der Waals surface area contributed by atoms with E-state index < -0.39 is 5.91 Å². The molecular formula is C19H17FN2O2S. The zero-order valence-electron chi connectivity index (χ0n) is 13.5. The fourth-order valence-corrected chi connectivity index (χ4v) is 3.55. The van der Waals surface area contributed by atoms with Gasteiger partial charge in [0.05, 0.1) is 6.10 Å². The van der Waals surface area contributed by atoms with Crippen molar-refractivity contribution in [3.63, 3.8) is 0 Å². The first-order valence-electron chi connectivity index (χ1n) is 8.03. The van der Waals surface area contributed by atoms with Gasteiger partial charge in [-0.15, -0.1) is 11.3 Å². The fraction of sp³-hybridized carbons (Fsp3) is 0.263. The van der Waals surface area contributed by atoms with Gasteiger partial charge in [-0.3, -0.25) is 4.79 Å². The molecule has 0 spiro atoms. The van der Waals surface area contributed by atoms with E-state index >= 15 is 0 Å². The first kappa shape index (κ1) is 17.3. The van der Waals surface area contributed by atoms with Gasteiger partial charge in [-0.2, -0.15) is 5.26 Å². The molecule has 1 aliphatic heterocycles. The van der Waals surface area contributed by atoms with Crippen LogP contribution in [-0.4, -0.2) is 25.2 Å². The molecule has 25 heavy (non-hydrogen) atoms. The minimum Gasteiger partial charge on any atom is -0.376 e. The van der Waals surface area contributed by atoms with E-state index in [0.717, 1.165) is 34.8 Å². The van der Waals surface area contributed by atoms with Crippen LogP contribution < -0.4 is 5.32 Å². The van der Waals surface area contributed by atoms with Crippen molar-refractivity contribution in [1.82, 2.24) is 5.32 Å². The second kappa shape index (κ2) is 8.06. The number of benzene rings is 1. The lowest BCUT2D eigenvalue weighted by Crippen LogP contribution is -2.32. The van der Waals surface area contributed by atoms with E-state index in [1.807, 2.05) is 18.2 Å².